The number of nitrogens with one attached hydrogen (secondary N) is 1. The van der Waals surface area contributed by atoms with E-state index in [4.69, 9.17) is 5.10 Å². The van der Waals surface area contributed by atoms with E-state index in [2.05, 4.69) is 57.1 Å². The number of allylic oxidation sites excluding steroid dienone is 2. The monoisotopic (exact) mass is 360 g/mol. The van der Waals surface area contributed by atoms with Crippen LogP contribution >= 0.6 is 0 Å². The van der Waals surface area contributed by atoms with Crippen LogP contribution < -0.4 is 0 Å². The molecule has 2 aromatic rings. The molecule has 3 heteroatoms. The van der Waals surface area contributed by atoms with E-state index in [1.165, 1.54) is 28.0 Å². The van der Waals surface area contributed by atoms with Crippen molar-refractivity contribution in [3.8, 4) is 0 Å². The van der Waals surface area contributed by atoms with E-state index >= 15 is 0 Å². The summed E-state index contributed by atoms with van der Waals surface area (Å²) >= 11 is 0. The van der Waals surface area contributed by atoms with Gasteiger partial charge >= 0.3 is 0 Å². The molecule has 0 amide bonds. The minimum Gasteiger partial charge on any atom is -0.294 e. The molecular weight excluding hydrogens is 332 g/mol. The molecule has 5 rings (SSSR count). The average molecular weight is 361 g/mol. The second-order valence-corrected chi connectivity index (χ2v) is 9.78. The molecule has 1 spiro atoms. The summed E-state index contributed by atoms with van der Waals surface area (Å²) in [6.07, 6.45) is 4.53. The minimum atomic E-state index is -0.292. The van der Waals surface area contributed by atoms with Crippen LogP contribution in [0.5, 0.6) is 0 Å². The zero-order chi connectivity index (χ0) is 19.0. The summed E-state index contributed by atoms with van der Waals surface area (Å²) in [4.78, 5) is 13.5. The molecule has 1 unspecified atom stereocenters. The lowest BCUT2D eigenvalue weighted by atomic mass is 9.57. The van der Waals surface area contributed by atoms with Crippen LogP contribution in [0, 0.1) is 5.41 Å². The van der Waals surface area contributed by atoms with Gasteiger partial charge in [-0.25, -0.2) is 0 Å². The van der Waals surface area contributed by atoms with E-state index in [9.17, 15) is 4.79 Å². The van der Waals surface area contributed by atoms with Gasteiger partial charge in [0.15, 0.2) is 5.78 Å². The number of carbonyl (C=O) groups excluding carboxylic acids is 1. The van der Waals surface area contributed by atoms with Crippen LogP contribution in [0.15, 0.2) is 35.4 Å². The third-order valence-corrected chi connectivity index (χ3v) is 6.87. The molecule has 0 saturated heterocycles. The van der Waals surface area contributed by atoms with Gasteiger partial charge < -0.3 is 0 Å². The lowest BCUT2D eigenvalue weighted by Crippen LogP contribution is -2.42. The average Bonchev–Trinajstić information content (AvgIpc) is 3.17. The first-order chi connectivity index (χ1) is 12.8. The number of hydrogen-bond acceptors (Lipinski definition) is 2. The lowest BCUT2D eigenvalue weighted by Gasteiger charge is -2.44. The van der Waals surface area contributed by atoms with Crippen LogP contribution in [0.2, 0.25) is 0 Å². The molecule has 1 aromatic carbocycles. The fraction of sp³-hybridized carbons (Fsp3) is 0.500. The Hall–Kier alpha value is -2.16. The molecule has 1 aromatic heterocycles. The predicted molar refractivity (Wildman–Crippen MR) is 107 cm³/mol. The summed E-state index contributed by atoms with van der Waals surface area (Å²) in [5.74, 6) is 0.700. The fourth-order valence-corrected chi connectivity index (χ4v) is 6.02. The summed E-state index contributed by atoms with van der Waals surface area (Å²) in [7, 11) is 0. The second kappa shape index (κ2) is 5.43. The van der Waals surface area contributed by atoms with Crippen LogP contribution in [-0.4, -0.2) is 16.0 Å². The second-order valence-electron chi connectivity index (χ2n) is 9.78. The molecule has 0 aliphatic heterocycles. The smallest absolute Gasteiger partial charge is 0.160 e. The first-order valence-corrected chi connectivity index (χ1v) is 10.3. The lowest BCUT2D eigenvalue weighted by molar-refractivity contribution is -0.118. The number of rotatable bonds is 1. The molecule has 27 heavy (non-hydrogen) atoms. The quantitative estimate of drug-likeness (QED) is 0.777. The standard InChI is InChI=1S/C24H28N2O/c1-14(2)22-21-18(25-26-22)11-16-12-23(3,4)13-19(27)20(16)24(21)10-9-15-7-5-6-8-17(15)24/h5-8,14H,9-13H2,1-4H3,(H,25,26). The highest BCUT2D eigenvalue weighted by Crippen LogP contribution is 2.58. The predicted octanol–water partition coefficient (Wildman–Crippen LogP) is 5.01. The van der Waals surface area contributed by atoms with Crippen molar-refractivity contribution in [1.82, 2.24) is 10.2 Å². The molecule has 0 fully saturated rings. The number of aromatic nitrogens is 2. The van der Waals surface area contributed by atoms with Crippen LogP contribution in [0.1, 0.15) is 81.0 Å². The van der Waals surface area contributed by atoms with Gasteiger partial charge in [0.25, 0.3) is 0 Å². The van der Waals surface area contributed by atoms with Gasteiger partial charge in [-0.2, -0.15) is 5.10 Å². The van der Waals surface area contributed by atoms with Crippen molar-refractivity contribution in [2.24, 2.45) is 5.41 Å². The van der Waals surface area contributed by atoms with Gasteiger partial charge in [-0.1, -0.05) is 57.5 Å². The zero-order valence-corrected chi connectivity index (χ0v) is 16.8. The van der Waals surface area contributed by atoms with Crippen LogP contribution in [0.25, 0.3) is 0 Å². The Balaban J connectivity index is 1.85. The number of aryl methyl sites for hydroxylation is 1. The normalized spacial score (nSPS) is 25.7. The molecule has 1 heterocycles. The number of hydrogen-bond donors (Lipinski definition) is 1. The molecule has 140 valence electrons. The fourth-order valence-electron chi connectivity index (χ4n) is 6.02. The van der Waals surface area contributed by atoms with E-state index in [0.29, 0.717) is 18.1 Å². The van der Waals surface area contributed by atoms with Crippen molar-refractivity contribution in [2.75, 3.05) is 0 Å². The molecule has 3 aliphatic rings. The number of nitrogens with zero attached hydrogens (tertiary/aromatic N) is 1. The molecule has 3 nitrogen and oxygen atoms in total. The van der Waals surface area contributed by atoms with Crippen molar-refractivity contribution in [1.29, 1.82) is 0 Å². The molecule has 1 N–H and O–H groups in total. The third kappa shape index (κ3) is 2.20. The summed E-state index contributed by atoms with van der Waals surface area (Å²) in [5.41, 5.74) is 8.65. The number of ketones is 1. The SMILES string of the molecule is CC(C)c1n[nH]c2c1C1(CCc3ccccc31)C1=C(C2)CC(C)(C)CC1=O. The van der Waals surface area contributed by atoms with E-state index in [0.717, 1.165) is 37.0 Å². The maximum absolute atomic E-state index is 13.5. The highest BCUT2D eigenvalue weighted by Gasteiger charge is 2.54. The van der Waals surface area contributed by atoms with E-state index in [-0.39, 0.29) is 10.8 Å². The van der Waals surface area contributed by atoms with E-state index < -0.39 is 0 Å². The first kappa shape index (κ1) is 17.0. The molecule has 1 atom stereocenters. The van der Waals surface area contributed by atoms with Crippen LogP contribution in [0.3, 0.4) is 0 Å². The van der Waals surface area contributed by atoms with E-state index in [1.54, 1.807) is 0 Å². The molecule has 0 saturated carbocycles. The minimum absolute atomic E-state index is 0.0492. The Morgan fingerprint density at radius 2 is 1.93 bits per heavy atom. The van der Waals surface area contributed by atoms with Gasteiger partial charge in [-0.15, -0.1) is 0 Å². The number of carbonyl (C=O) groups is 1. The zero-order valence-electron chi connectivity index (χ0n) is 16.8. The van der Waals surface area contributed by atoms with Gasteiger partial charge in [0.1, 0.15) is 0 Å². The maximum atomic E-state index is 13.5. The largest absolute Gasteiger partial charge is 0.294 e. The Bertz CT molecular complexity index is 992. The number of Topliss-reactive ketones (excluding diaryl/α,β-unsaturated/α-hetero) is 1. The van der Waals surface area contributed by atoms with Gasteiger partial charge in [0, 0.05) is 29.7 Å². The van der Waals surface area contributed by atoms with E-state index in [1.807, 2.05) is 0 Å². The molecule has 0 radical (unpaired) electrons. The Morgan fingerprint density at radius 1 is 1.15 bits per heavy atom. The van der Waals surface area contributed by atoms with Crippen molar-refractivity contribution in [2.45, 2.75) is 71.1 Å². The molecule has 3 aliphatic carbocycles. The Labute approximate surface area is 161 Å². The van der Waals surface area contributed by atoms with Crippen molar-refractivity contribution in [3.05, 3.63) is 63.5 Å². The first-order valence-electron chi connectivity index (χ1n) is 10.3. The molecule has 0 bridgehead atoms. The summed E-state index contributed by atoms with van der Waals surface area (Å²) in [6.45, 7) is 8.87. The molecular formula is C24H28N2O. The van der Waals surface area contributed by atoms with Gasteiger partial charge in [-0.3, -0.25) is 9.89 Å². The highest BCUT2D eigenvalue weighted by molar-refractivity contribution is 6.02. The summed E-state index contributed by atoms with van der Waals surface area (Å²) in [5, 5.41) is 8.11. The number of benzene rings is 1. The van der Waals surface area contributed by atoms with Gasteiger partial charge in [0.05, 0.1) is 11.1 Å². The summed E-state index contributed by atoms with van der Waals surface area (Å²) < 4.78 is 0. The Kier molecular flexibility index (Phi) is 3.42. The van der Waals surface area contributed by atoms with Crippen molar-refractivity contribution < 1.29 is 4.79 Å². The van der Waals surface area contributed by atoms with Gasteiger partial charge in [-0.05, 0) is 41.7 Å². The number of H-pyrrole nitrogens is 1. The van der Waals surface area contributed by atoms with Crippen molar-refractivity contribution in [3.63, 3.8) is 0 Å². The third-order valence-electron chi connectivity index (χ3n) is 6.87. The van der Waals surface area contributed by atoms with Crippen molar-refractivity contribution >= 4 is 5.78 Å². The topological polar surface area (TPSA) is 45.8 Å². The number of aromatic amines is 1. The highest BCUT2D eigenvalue weighted by atomic mass is 16.1. The van der Waals surface area contributed by atoms with Crippen LogP contribution in [-0.2, 0) is 23.1 Å². The maximum Gasteiger partial charge on any atom is 0.160 e. The summed E-state index contributed by atoms with van der Waals surface area (Å²) in [6, 6.07) is 8.76. The van der Waals surface area contributed by atoms with Crippen LogP contribution in [0.4, 0.5) is 0 Å². The Morgan fingerprint density at radius 3 is 2.70 bits per heavy atom. The number of fused-ring (bicyclic) bond motifs is 5. The van der Waals surface area contributed by atoms with Gasteiger partial charge in [0.2, 0.25) is 0 Å².